The quantitative estimate of drug-likeness (QED) is 0.164. The van der Waals surface area contributed by atoms with Gasteiger partial charge >= 0.3 is 5.97 Å². The van der Waals surface area contributed by atoms with E-state index in [1.54, 1.807) is 36.1 Å². The van der Waals surface area contributed by atoms with Crippen molar-refractivity contribution in [3.8, 4) is 0 Å². The fraction of sp³-hybridized carbons (Fsp3) is 0.182. The summed E-state index contributed by atoms with van der Waals surface area (Å²) in [4.78, 5) is 35.2. The standard InChI is InChI=1S/C22H18Cl2N6O3S4/c1-3-33-17(31)10-34-18-9-25-21(37-18)28-20(32)19-15(35-12-4-5-13(23)14(24)8-12)6-7-16(27-19)36-22-29-26-11-30(22)2/h4-9,11H,3,10H2,1-2H3,(H,25,28,32). The lowest BCUT2D eigenvalue weighted by atomic mass is 10.3. The Morgan fingerprint density at radius 1 is 1.16 bits per heavy atom. The number of esters is 1. The number of aromatic nitrogens is 5. The van der Waals surface area contributed by atoms with Crippen molar-refractivity contribution in [1.29, 1.82) is 0 Å². The molecule has 0 saturated carbocycles. The highest BCUT2D eigenvalue weighted by atomic mass is 35.5. The Kier molecular flexibility index (Phi) is 9.73. The number of pyridine rings is 1. The molecular weight excluding hydrogens is 595 g/mol. The van der Waals surface area contributed by atoms with Crippen LogP contribution in [0.5, 0.6) is 0 Å². The van der Waals surface area contributed by atoms with Crippen LogP contribution in [0.25, 0.3) is 0 Å². The van der Waals surface area contributed by atoms with Crippen LogP contribution in [0.4, 0.5) is 5.13 Å². The lowest BCUT2D eigenvalue weighted by Crippen LogP contribution is -2.15. The molecule has 0 aliphatic heterocycles. The van der Waals surface area contributed by atoms with E-state index in [1.165, 1.54) is 46.6 Å². The Morgan fingerprint density at radius 3 is 2.73 bits per heavy atom. The van der Waals surface area contributed by atoms with Crippen molar-refractivity contribution in [3.63, 3.8) is 0 Å². The van der Waals surface area contributed by atoms with E-state index < -0.39 is 5.91 Å². The zero-order valence-electron chi connectivity index (χ0n) is 19.3. The maximum Gasteiger partial charge on any atom is 0.316 e. The number of anilines is 1. The van der Waals surface area contributed by atoms with E-state index >= 15 is 0 Å². The van der Waals surface area contributed by atoms with E-state index in [9.17, 15) is 9.59 Å². The molecule has 0 fully saturated rings. The summed E-state index contributed by atoms with van der Waals surface area (Å²) in [5.41, 5.74) is 0.208. The number of amides is 1. The SMILES string of the molecule is CCOC(=O)CSc1cnc(NC(=O)c2nc(Sc3nncn3C)ccc2Sc2ccc(Cl)c(Cl)c2)s1. The van der Waals surface area contributed by atoms with Crippen LogP contribution < -0.4 is 5.32 Å². The summed E-state index contributed by atoms with van der Waals surface area (Å²) < 4.78 is 7.47. The van der Waals surface area contributed by atoms with Crippen LogP contribution in [0.15, 0.2) is 67.0 Å². The number of carbonyl (C=O) groups is 2. The molecule has 0 atom stereocenters. The van der Waals surface area contributed by atoms with Crippen LogP contribution in [-0.2, 0) is 16.6 Å². The maximum atomic E-state index is 13.3. The lowest BCUT2D eigenvalue weighted by Gasteiger charge is -2.10. The molecule has 4 aromatic rings. The van der Waals surface area contributed by atoms with Gasteiger partial charge in [-0.1, -0.05) is 46.3 Å². The first-order valence-electron chi connectivity index (χ1n) is 10.5. The summed E-state index contributed by atoms with van der Waals surface area (Å²) in [5.74, 6) is -0.576. The van der Waals surface area contributed by atoms with E-state index in [0.29, 0.717) is 36.9 Å². The van der Waals surface area contributed by atoms with Crippen molar-refractivity contribution in [3.05, 3.63) is 58.6 Å². The zero-order valence-corrected chi connectivity index (χ0v) is 24.1. The van der Waals surface area contributed by atoms with Crippen LogP contribution in [-0.4, -0.2) is 49.0 Å². The summed E-state index contributed by atoms with van der Waals surface area (Å²) in [7, 11) is 1.82. The van der Waals surface area contributed by atoms with Gasteiger partial charge in [-0.25, -0.2) is 9.97 Å². The predicted octanol–water partition coefficient (Wildman–Crippen LogP) is 6.18. The van der Waals surface area contributed by atoms with E-state index in [2.05, 4.69) is 25.5 Å². The van der Waals surface area contributed by atoms with Crippen molar-refractivity contribution in [2.24, 2.45) is 7.05 Å². The van der Waals surface area contributed by atoms with Gasteiger partial charge in [-0.3, -0.25) is 14.9 Å². The topological polar surface area (TPSA) is 112 Å². The predicted molar refractivity (Wildman–Crippen MR) is 147 cm³/mol. The monoisotopic (exact) mass is 612 g/mol. The smallest absolute Gasteiger partial charge is 0.316 e. The summed E-state index contributed by atoms with van der Waals surface area (Å²) in [6.07, 6.45) is 3.19. The van der Waals surface area contributed by atoms with E-state index in [-0.39, 0.29) is 17.4 Å². The van der Waals surface area contributed by atoms with Crippen molar-refractivity contribution in [2.75, 3.05) is 17.7 Å². The molecule has 3 aromatic heterocycles. The van der Waals surface area contributed by atoms with Gasteiger partial charge in [0.15, 0.2) is 10.3 Å². The van der Waals surface area contributed by atoms with Crippen LogP contribution >= 0.6 is 69.8 Å². The molecule has 0 saturated heterocycles. The molecule has 15 heteroatoms. The number of rotatable bonds is 10. The Bertz CT molecular complexity index is 1430. The van der Waals surface area contributed by atoms with Crippen molar-refractivity contribution >= 4 is 86.8 Å². The molecule has 0 aliphatic rings. The summed E-state index contributed by atoms with van der Waals surface area (Å²) in [5, 5.41) is 13.2. The van der Waals surface area contributed by atoms with Crippen LogP contribution in [0.3, 0.4) is 0 Å². The zero-order chi connectivity index (χ0) is 26.4. The third kappa shape index (κ3) is 7.62. The highest BCUT2D eigenvalue weighted by Crippen LogP contribution is 2.36. The summed E-state index contributed by atoms with van der Waals surface area (Å²) >= 11 is 17.4. The molecular formula is C22H18Cl2N6O3S4. The molecule has 4 rings (SSSR count). The molecule has 1 amide bonds. The molecule has 9 nitrogen and oxygen atoms in total. The number of hydrogen-bond donors (Lipinski definition) is 1. The molecule has 37 heavy (non-hydrogen) atoms. The molecule has 0 bridgehead atoms. The number of ether oxygens (including phenoxy) is 1. The molecule has 1 N–H and O–H groups in total. The van der Waals surface area contributed by atoms with Gasteiger partial charge in [0.05, 0.1) is 32.8 Å². The van der Waals surface area contributed by atoms with Gasteiger partial charge in [0, 0.05) is 16.8 Å². The molecule has 3 heterocycles. The van der Waals surface area contributed by atoms with E-state index in [4.69, 9.17) is 27.9 Å². The van der Waals surface area contributed by atoms with Gasteiger partial charge in [0.2, 0.25) is 0 Å². The van der Waals surface area contributed by atoms with Gasteiger partial charge in [-0.05, 0) is 49.0 Å². The summed E-state index contributed by atoms with van der Waals surface area (Å²) in [6, 6.07) is 8.87. The van der Waals surface area contributed by atoms with Gasteiger partial charge in [-0.2, -0.15) is 0 Å². The number of carbonyl (C=O) groups excluding carboxylic acids is 2. The van der Waals surface area contributed by atoms with Crippen LogP contribution in [0, 0.1) is 0 Å². The second-order valence-electron chi connectivity index (χ2n) is 7.03. The summed E-state index contributed by atoms with van der Waals surface area (Å²) in [6.45, 7) is 2.08. The minimum Gasteiger partial charge on any atom is -0.465 e. The number of nitrogens with one attached hydrogen (secondary N) is 1. The average molecular weight is 614 g/mol. The van der Waals surface area contributed by atoms with E-state index in [1.807, 2.05) is 25.2 Å². The largest absolute Gasteiger partial charge is 0.465 e. The number of thioether (sulfide) groups is 1. The number of hydrogen-bond acceptors (Lipinski definition) is 11. The number of benzene rings is 1. The van der Waals surface area contributed by atoms with Crippen molar-refractivity contribution in [2.45, 2.75) is 31.1 Å². The van der Waals surface area contributed by atoms with Crippen LogP contribution in [0.1, 0.15) is 17.4 Å². The Hall–Kier alpha value is -2.29. The number of aryl methyl sites for hydroxylation is 1. The van der Waals surface area contributed by atoms with Crippen molar-refractivity contribution in [1.82, 2.24) is 24.7 Å². The average Bonchev–Trinajstić information content (AvgIpc) is 3.49. The lowest BCUT2D eigenvalue weighted by molar-refractivity contribution is -0.139. The maximum absolute atomic E-state index is 13.3. The first-order chi connectivity index (χ1) is 17.8. The molecule has 0 spiro atoms. The number of thiazole rings is 1. The Labute approximate surface area is 239 Å². The van der Waals surface area contributed by atoms with Gasteiger partial charge in [-0.15, -0.1) is 22.0 Å². The molecule has 0 aliphatic carbocycles. The Balaban J connectivity index is 1.56. The Morgan fingerprint density at radius 2 is 2.00 bits per heavy atom. The third-order valence-corrected chi connectivity index (χ3v) is 9.22. The normalized spacial score (nSPS) is 10.9. The first-order valence-corrected chi connectivity index (χ1v) is 14.7. The van der Waals surface area contributed by atoms with E-state index in [0.717, 1.165) is 9.10 Å². The minimum atomic E-state index is -0.431. The van der Waals surface area contributed by atoms with Crippen molar-refractivity contribution < 1.29 is 14.3 Å². The van der Waals surface area contributed by atoms with Gasteiger partial charge in [0.25, 0.3) is 5.91 Å². The number of nitrogens with zero attached hydrogens (tertiary/aromatic N) is 5. The fourth-order valence-electron chi connectivity index (χ4n) is 2.73. The van der Waals surface area contributed by atoms with Gasteiger partial charge in [0.1, 0.15) is 17.0 Å². The minimum absolute atomic E-state index is 0.163. The van der Waals surface area contributed by atoms with Crippen LogP contribution in [0.2, 0.25) is 10.0 Å². The second kappa shape index (κ2) is 13.0. The second-order valence-corrected chi connectivity index (χ2v) is 12.3. The highest BCUT2D eigenvalue weighted by molar-refractivity contribution is 8.01. The molecule has 1 aromatic carbocycles. The molecule has 192 valence electrons. The highest BCUT2D eigenvalue weighted by Gasteiger charge is 2.19. The fourth-order valence-corrected chi connectivity index (χ4v) is 6.43. The molecule has 0 unspecified atom stereocenters. The number of halogens is 2. The van der Waals surface area contributed by atoms with Gasteiger partial charge < -0.3 is 9.30 Å². The third-order valence-electron chi connectivity index (χ3n) is 4.37. The first kappa shape index (κ1) is 27.7. The molecule has 0 radical (unpaired) electrons.